The van der Waals surface area contributed by atoms with Crippen LogP contribution < -0.4 is 5.32 Å². The first kappa shape index (κ1) is 31.7. The number of aromatic nitrogens is 3. The van der Waals surface area contributed by atoms with Gasteiger partial charge in [-0.15, -0.1) is 0 Å². The number of fused-ring (bicyclic) bond motifs is 1. The number of sulfone groups is 1. The largest absolute Gasteiger partial charge is 0.465 e. The van der Waals surface area contributed by atoms with Gasteiger partial charge in [-0.1, -0.05) is 23.7 Å². The Morgan fingerprint density at radius 2 is 1.84 bits per heavy atom. The molecule has 0 spiro atoms. The van der Waals surface area contributed by atoms with E-state index >= 15 is 0 Å². The fourth-order valence-electron chi connectivity index (χ4n) is 5.25. The van der Waals surface area contributed by atoms with Crippen LogP contribution in [0.25, 0.3) is 22.0 Å². The quantitative estimate of drug-likeness (QED) is 0.245. The molecule has 1 aliphatic rings. The summed E-state index contributed by atoms with van der Waals surface area (Å²) in [5.41, 5.74) is 3.74. The summed E-state index contributed by atoms with van der Waals surface area (Å²) in [5.74, 6) is -1.81. The molecule has 1 atom stereocenters. The third kappa shape index (κ3) is 7.15. The van der Waals surface area contributed by atoms with Crippen molar-refractivity contribution in [3.05, 3.63) is 71.1 Å². The number of hydrogen-bond acceptors (Lipinski definition) is 8. The Balaban J connectivity index is 1.27. The van der Waals surface area contributed by atoms with Gasteiger partial charge in [0.05, 0.1) is 43.5 Å². The molecule has 44 heavy (non-hydrogen) atoms. The van der Waals surface area contributed by atoms with Crippen LogP contribution in [0.15, 0.2) is 59.8 Å². The van der Waals surface area contributed by atoms with Crippen molar-refractivity contribution in [2.75, 3.05) is 45.2 Å². The summed E-state index contributed by atoms with van der Waals surface area (Å²) in [4.78, 5) is 27.4. The second-order valence-corrected chi connectivity index (χ2v) is 13.2. The average Bonchev–Trinajstić information content (AvgIpc) is 3.60. The van der Waals surface area contributed by atoms with E-state index in [1.165, 1.54) is 12.1 Å². The van der Waals surface area contributed by atoms with Crippen LogP contribution in [-0.2, 0) is 37.7 Å². The molecule has 234 valence electrons. The molecule has 1 unspecified atom stereocenters. The van der Waals surface area contributed by atoms with Crippen LogP contribution in [0.2, 0.25) is 5.02 Å². The lowest BCUT2D eigenvalue weighted by Gasteiger charge is -2.26. The van der Waals surface area contributed by atoms with Crippen molar-refractivity contribution in [2.45, 2.75) is 31.3 Å². The van der Waals surface area contributed by atoms with Gasteiger partial charge in [-0.25, -0.2) is 8.42 Å². The molecule has 3 heterocycles. The molecule has 1 amide bonds. The molecule has 13 heteroatoms. The van der Waals surface area contributed by atoms with Gasteiger partial charge in [-0.2, -0.15) is 5.10 Å². The number of morpholine rings is 1. The lowest BCUT2D eigenvalue weighted by molar-refractivity contribution is -0.139. The van der Waals surface area contributed by atoms with Gasteiger partial charge >= 0.3 is 5.97 Å². The summed E-state index contributed by atoms with van der Waals surface area (Å²) in [6, 6.07) is 11.3. The maximum atomic E-state index is 13.3. The maximum Gasteiger partial charge on any atom is 0.321 e. The minimum absolute atomic E-state index is 0.0110. The molecule has 0 radical (unpaired) electrons. The van der Waals surface area contributed by atoms with Crippen molar-refractivity contribution in [1.29, 1.82) is 0 Å². The van der Waals surface area contributed by atoms with Gasteiger partial charge in [0.2, 0.25) is 0 Å². The topological polar surface area (TPSA) is 125 Å². The highest BCUT2D eigenvalue weighted by Gasteiger charge is 2.22. The summed E-state index contributed by atoms with van der Waals surface area (Å²) in [6.45, 7) is 8.56. The van der Waals surface area contributed by atoms with Crippen molar-refractivity contribution in [1.82, 2.24) is 24.6 Å². The van der Waals surface area contributed by atoms with E-state index in [1.807, 2.05) is 41.5 Å². The first-order valence-electron chi connectivity index (χ1n) is 14.5. The van der Waals surface area contributed by atoms with E-state index in [0.717, 1.165) is 61.4 Å². The van der Waals surface area contributed by atoms with Gasteiger partial charge in [0.15, 0.2) is 15.6 Å². The molecule has 2 aromatic heterocycles. The van der Waals surface area contributed by atoms with Gasteiger partial charge in [0.1, 0.15) is 5.69 Å². The van der Waals surface area contributed by atoms with Gasteiger partial charge in [0.25, 0.3) is 5.91 Å². The second-order valence-electron chi connectivity index (χ2n) is 10.8. The van der Waals surface area contributed by atoms with Crippen molar-refractivity contribution < 1.29 is 27.5 Å². The van der Waals surface area contributed by atoms with E-state index in [9.17, 15) is 18.0 Å². The van der Waals surface area contributed by atoms with Crippen LogP contribution in [0, 0.1) is 0 Å². The Labute approximate surface area is 261 Å². The first-order valence-corrected chi connectivity index (χ1v) is 16.5. The number of benzene rings is 2. The Kier molecular flexibility index (Phi) is 9.74. The highest BCUT2D eigenvalue weighted by molar-refractivity contribution is 7.92. The molecule has 11 nitrogen and oxygen atoms in total. The number of halogens is 1. The number of rotatable bonds is 11. The molecule has 2 aromatic carbocycles. The predicted molar refractivity (Wildman–Crippen MR) is 167 cm³/mol. The zero-order valence-corrected chi connectivity index (χ0v) is 26.5. The molecular weight excluding hydrogens is 606 g/mol. The predicted octanol–water partition coefficient (Wildman–Crippen LogP) is 3.86. The standard InChI is InChI=1S/C31H36ClN5O6S/c1-4-43-30(38)20-44(40,41)25-7-5-22(6-8-25)21(2)34-31(39)29-16-23-15-27(32)26(17-28(23)35(29)3)24-18-33-37(19-24)10-9-36-11-13-42-14-12-36/h5-8,15-19,21H,4,9-14,20H2,1-3H3,(H,34,39). The summed E-state index contributed by atoms with van der Waals surface area (Å²) < 4.78 is 39.0. The normalized spacial score (nSPS) is 14.9. The molecule has 0 aliphatic carbocycles. The van der Waals surface area contributed by atoms with E-state index < -0.39 is 27.6 Å². The van der Waals surface area contributed by atoms with Gasteiger partial charge in [-0.3, -0.25) is 19.2 Å². The zero-order chi connectivity index (χ0) is 31.4. The molecule has 1 saturated heterocycles. The van der Waals surface area contributed by atoms with Crippen LogP contribution in [-0.4, -0.2) is 84.7 Å². The zero-order valence-electron chi connectivity index (χ0n) is 25.0. The molecule has 4 aromatic rings. The van der Waals surface area contributed by atoms with E-state index in [2.05, 4.69) is 15.3 Å². The van der Waals surface area contributed by atoms with E-state index in [0.29, 0.717) is 16.3 Å². The molecule has 1 N–H and O–H groups in total. The number of ether oxygens (including phenoxy) is 2. The lowest BCUT2D eigenvalue weighted by atomic mass is 10.1. The summed E-state index contributed by atoms with van der Waals surface area (Å²) >= 11 is 6.70. The van der Waals surface area contributed by atoms with E-state index in [4.69, 9.17) is 21.1 Å². The number of esters is 1. The van der Waals surface area contributed by atoms with Crippen LogP contribution in [0.3, 0.4) is 0 Å². The van der Waals surface area contributed by atoms with Crippen LogP contribution >= 0.6 is 11.6 Å². The van der Waals surface area contributed by atoms with Gasteiger partial charge in [-0.05, 0) is 49.7 Å². The van der Waals surface area contributed by atoms with E-state index in [-0.39, 0.29) is 17.4 Å². The minimum atomic E-state index is -3.83. The SMILES string of the molecule is CCOC(=O)CS(=O)(=O)c1ccc(C(C)NC(=O)c2cc3cc(Cl)c(-c4cnn(CCN5CCOCC5)c4)cc3n2C)cc1. The molecule has 0 bridgehead atoms. The average molecular weight is 642 g/mol. The van der Waals surface area contributed by atoms with Gasteiger partial charge in [0, 0.05) is 59.9 Å². The third-order valence-corrected chi connectivity index (χ3v) is 9.68. The molecule has 0 saturated carbocycles. The maximum absolute atomic E-state index is 13.3. The Morgan fingerprint density at radius 3 is 2.55 bits per heavy atom. The summed E-state index contributed by atoms with van der Waals surface area (Å²) in [6.07, 6.45) is 3.79. The number of carbonyl (C=O) groups is 2. The molecular formula is C31H36ClN5O6S. The number of amides is 1. The number of hydrogen-bond donors (Lipinski definition) is 1. The number of nitrogens with zero attached hydrogens (tertiary/aromatic N) is 4. The highest BCUT2D eigenvalue weighted by atomic mass is 35.5. The lowest BCUT2D eigenvalue weighted by Crippen LogP contribution is -2.38. The monoisotopic (exact) mass is 641 g/mol. The third-order valence-electron chi connectivity index (χ3n) is 7.76. The molecule has 1 fully saturated rings. The number of carbonyl (C=O) groups excluding carboxylic acids is 2. The van der Waals surface area contributed by atoms with Crippen LogP contribution in [0.5, 0.6) is 0 Å². The molecule has 1 aliphatic heterocycles. The fraction of sp³-hybridized carbons (Fsp3) is 0.387. The summed E-state index contributed by atoms with van der Waals surface area (Å²) in [5, 5.41) is 8.91. The van der Waals surface area contributed by atoms with Gasteiger partial charge < -0.3 is 19.4 Å². The first-order chi connectivity index (χ1) is 21.1. The fourth-order valence-corrected chi connectivity index (χ4v) is 6.64. The van der Waals surface area contributed by atoms with Crippen LogP contribution in [0.1, 0.15) is 35.9 Å². The number of aryl methyl sites for hydroxylation is 1. The smallest absolute Gasteiger partial charge is 0.321 e. The Bertz CT molecular complexity index is 1760. The Hall–Kier alpha value is -3.71. The van der Waals surface area contributed by atoms with Crippen molar-refractivity contribution in [2.24, 2.45) is 7.05 Å². The van der Waals surface area contributed by atoms with Crippen molar-refractivity contribution in [3.63, 3.8) is 0 Å². The Morgan fingerprint density at radius 1 is 1.11 bits per heavy atom. The van der Waals surface area contributed by atoms with Crippen molar-refractivity contribution in [3.8, 4) is 11.1 Å². The molecule has 5 rings (SSSR count). The minimum Gasteiger partial charge on any atom is -0.465 e. The van der Waals surface area contributed by atoms with Crippen molar-refractivity contribution >= 4 is 44.2 Å². The van der Waals surface area contributed by atoms with E-state index in [1.54, 1.807) is 31.3 Å². The van der Waals surface area contributed by atoms with Crippen LogP contribution in [0.4, 0.5) is 0 Å². The number of nitrogens with one attached hydrogen (secondary N) is 1. The highest BCUT2D eigenvalue weighted by Crippen LogP contribution is 2.33. The summed E-state index contributed by atoms with van der Waals surface area (Å²) in [7, 11) is -2.00. The second kappa shape index (κ2) is 13.5.